The van der Waals surface area contributed by atoms with Crippen LogP contribution < -0.4 is 0 Å². The Labute approximate surface area is 112 Å². The molecule has 1 fully saturated rings. The average Bonchev–Trinajstić information content (AvgIpc) is 2.67. The number of esters is 1. The molecule has 1 saturated heterocycles. The van der Waals surface area contributed by atoms with E-state index in [0.717, 1.165) is 11.1 Å². The lowest BCUT2D eigenvalue weighted by Gasteiger charge is -2.18. The molecule has 0 aromatic heterocycles. The maximum Gasteiger partial charge on any atom is 0.325 e. The molecule has 0 saturated carbocycles. The molecule has 5 heteroatoms. The van der Waals surface area contributed by atoms with Crippen LogP contribution in [0.25, 0.3) is 0 Å². The number of ether oxygens (including phenoxy) is 1. The van der Waals surface area contributed by atoms with Gasteiger partial charge in [0.2, 0.25) is 0 Å². The monoisotopic (exact) mass is 262 g/mol. The van der Waals surface area contributed by atoms with Crippen LogP contribution in [0.5, 0.6) is 0 Å². The Morgan fingerprint density at radius 1 is 1.47 bits per heavy atom. The SMILES string of the molecule is COC(=O)CN1CC(c2cccc(C)c2)N(C)C1=O. The van der Waals surface area contributed by atoms with Crippen LogP contribution >= 0.6 is 0 Å². The molecule has 5 nitrogen and oxygen atoms in total. The van der Waals surface area contributed by atoms with Gasteiger partial charge in [0, 0.05) is 13.6 Å². The van der Waals surface area contributed by atoms with Gasteiger partial charge in [0.15, 0.2) is 0 Å². The number of carbonyl (C=O) groups excluding carboxylic acids is 2. The van der Waals surface area contributed by atoms with E-state index in [1.165, 1.54) is 12.0 Å². The Hall–Kier alpha value is -2.04. The molecule has 19 heavy (non-hydrogen) atoms. The Bertz CT molecular complexity index is 501. The largest absolute Gasteiger partial charge is 0.468 e. The van der Waals surface area contributed by atoms with Crippen molar-refractivity contribution in [2.45, 2.75) is 13.0 Å². The number of carbonyl (C=O) groups is 2. The van der Waals surface area contributed by atoms with Gasteiger partial charge >= 0.3 is 12.0 Å². The summed E-state index contributed by atoms with van der Waals surface area (Å²) in [5, 5.41) is 0. The number of rotatable bonds is 3. The van der Waals surface area contributed by atoms with E-state index in [2.05, 4.69) is 10.8 Å². The van der Waals surface area contributed by atoms with Crippen molar-refractivity contribution in [2.75, 3.05) is 27.2 Å². The van der Waals surface area contributed by atoms with Crippen molar-refractivity contribution in [3.05, 3.63) is 35.4 Å². The van der Waals surface area contributed by atoms with Crippen LogP contribution in [0.4, 0.5) is 4.79 Å². The average molecular weight is 262 g/mol. The molecule has 1 aliphatic rings. The number of likely N-dealkylation sites (N-methyl/N-ethyl adjacent to an activating group) is 1. The normalized spacial score (nSPS) is 18.9. The van der Waals surface area contributed by atoms with Gasteiger partial charge in [-0.25, -0.2) is 4.79 Å². The summed E-state index contributed by atoms with van der Waals surface area (Å²) in [7, 11) is 3.08. The summed E-state index contributed by atoms with van der Waals surface area (Å²) < 4.78 is 4.60. The summed E-state index contributed by atoms with van der Waals surface area (Å²) in [5.41, 5.74) is 2.24. The number of nitrogens with zero attached hydrogens (tertiary/aromatic N) is 2. The molecule has 102 valence electrons. The fourth-order valence-electron chi connectivity index (χ4n) is 2.32. The van der Waals surface area contributed by atoms with E-state index < -0.39 is 5.97 Å². The zero-order valence-electron chi connectivity index (χ0n) is 11.4. The van der Waals surface area contributed by atoms with Crippen LogP contribution in [0.2, 0.25) is 0 Å². The molecule has 1 aromatic carbocycles. The first-order valence-electron chi connectivity index (χ1n) is 6.18. The standard InChI is InChI=1S/C14H18N2O3/c1-10-5-4-6-11(7-10)12-8-16(9-13(17)19-3)14(18)15(12)2/h4-7,12H,8-9H2,1-3H3. The van der Waals surface area contributed by atoms with Crippen molar-refractivity contribution >= 4 is 12.0 Å². The van der Waals surface area contributed by atoms with Crippen LogP contribution in [0.3, 0.4) is 0 Å². The van der Waals surface area contributed by atoms with Crippen LogP contribution in [0.15, 0.2) is 24.3 Å². The topological polar surface area (TPSA) is 49.9 Å². The highest BCUT2D eigenvalue weighted by molar-refractivity contribution is 5.82. The van der Waals surface area contributed by atoms with Gasteiger partial charge in [-0.1, -0.05) is 29.8 Å². The number of hydrogen-bond donors (Lipinski definition) is 0. The zero-order chi connectivity index (χ0) is 14.0. The molecule has 1 atom stereocenters. The minimum atomic E-state index is -0.397. The van der Waals surface area contributed by atoms with Gasteiger partial charge in [-0.2, -0.15) is 0 Å². The third kappa shape index (κ3) is 2.70. The molecule has 2 amide bonds. The summed E-state index contributed by atoms with van der Waals surface area (Å²) in [5.74, 6) is -0.397. The van der Waals surface area contributed by atoms with Gasteiger partial charge in [-0.05, 0) is 12.5 Å². The molecule has 0 bridgehead atoms. The van der Waals surface area contributed by atoms with Crippen LogP contribution in [0.1, 0.15) is 17.2 Å². The Balaban J connectivity index is 2.16. The van der Waals surface area contributed by atoms with E-state index in [4.69, 9.17) is 0 Å². The molecule has 1 unspecified atom stereocenters. The lowest BCUT2D eigenvalue weighted by atomic mass is 10.0. The third-order valence-corrected chi connectivity index (χ3v) is 3.41. The first kappa shape index (κ1) is 13.4. The highest BCUT2D eigenvalue weighted by Gasteiger charge is 2.36. The van der Waals surface area contributed by atoms with Crippen molar-refractivity contribution in [1.29, 1.82) is 0 Å². The van der Waals surface area contributed by atoms with Crippen LogP contribution in [0, 0.1) is 6.92 Å². The van der Waals surface area contributed by atoms with Crippen molar-refractivity contribution < 1.29 is 14.3 Å². The van der Waals surface area contributed by atoms with E-state index >= 15 is 0 Å². The second-order valence-electron chi connectivity index (χ2n) is 4.78. The molecule has 2 rings (SSSR count). The molecule has 0 radical (unpaired) electrons. The predicted octanol–water partition coefficient (Wildman–Crippen LogP) is 1.58. The number of methoxy groups -OCH3 is 1. The lowest BCUT2D eigenvalue weighted by Crippen LogP contribution is -2.34. The second kappa shape index (κ2) is 5.30. The highest BCUT2D eigenvalue weighted by Crippen LogP contribution is 2.28. The Morgan fingerprint density at radius 3 is 2.84 bits per heavy atom. The number of aryl methyl sites for hydroxylation is 1. The van der Waals surface area contributed by atoms with E-state index in [0.29, 0.717) is 6.54 Å². The smallest absolute Gasteiger partial charge is 0.325 e. The maximum absolute atomic E-state index is 12.1. The molecular weight excluding hydrogens is 244 g/mol. The first-order chi connectivity index (χ1) is 9.02. The van der Waals surface area contributed by atoms with Gasteiger partial charge in [-0.15, -0.1) is 0 Å². The van der Waals surface area contributed by atoms with Crippen molar-refractivity contribution in [2.24, 2.45) is 0 Å². The molecule has 0 aliphatic carbocycles. The number of urea groups is 1. The number of hydrogen-bond acceptors (Lipinski definition) is 3. The summed E-state index contributed by atoms with van der Waals surface area (Å²) in [6.45, 7) is 2.53. The summed E-state index contributed by atoms with van der Waals surface area (Å²) in [4.78, 5) is 26.5. The van der Waals surface area contributed by atoms with E-state index in [-0.39, 0.29) is 18.6 Å². The Morgan fingerprint density at radius 2 is 2.21 bits per heavy atom. The number of benzene rings is 1. The van der Waals surface area contributed by atoms with Gasteiger partial charge in [0.25, 0.3) is 0 Å². The van der Waals surface area contributed by atoms with E-state index in [1.807, 2.05) is 25.1 Å². The molecule has 0 N–H and O–H groups in total. The highest BCUT2D eigenvalue weighted by atomic mass is 16.5. The van der Waals surface area contributed by atoms with Crippen LogP contribution in [-0.4, -0.2) is 49.0 Å². The van der Waals surface area contributed by atoms with Gasteiger partial charge in [0.1, 0.15) is 6.54 Å². The van der Waals surface area contributed by atoms with E-state index in [9.17, 15) is 9.59 Å². The summed E-state index contributed by atoms with van der Waals surface area (Å²) >= 11 is 0. The first-order valence-corrected chi connectivity index (χ1v) is 6.18. The van der Waals surface area contributed by atoms with Gasteiger partial charge in [-0.3, -0.25) is 4.79 Å². The van der Waals surface area contributed by atoms with E-state index in [1.54, 1.807) is 11.9 Å². The fraction of sp³-hybridized carbons (Fsp3) is 0.429. The lowest BCUT2D eigenvalue weighted by molar-refractivity contribution is -0.141. The summed E-state index contributed by atoms with van der Waals surface area (Å²) in [6, 6.07) is 7.91. The molecular formula is C14H18N2O3. The van der Waals surface area contributed by atoms with Crippen molar-refractivity contribution in [3.8, 4) is 0 Å². The third-order valence-electron chi connectivity index (χ3n) is 3.41. The van der Waals surface area contributed by atoms with Gasteiger partial charge in [0.05, 0.1) is 13.2 Å². The van der Waals surface area contributed by atoms with Crippen molar-refractivity contribution in [3.63, 3.8) is 0 Å². The zero-order valence-corrected chi connectivity index (χ0v) is 11.4. The van der Waals surface area contributed by atoms with Crippen molar-refractivity contribution in [1.82, 2.24) is 9.80 Å². The van der Waals surface area contributed by atoms with Crippen LogP contribution in [-0.2, 0) is 9.53 Å². The maximum atomic E-state index is 12.1. The minimum absolute atomic E-state index is 0.00197. The summed E-state index contributed by atoms with van der Waals surface area (Å²) in [6.07, 6.45) is 0. The second-order valence-corrected chi connectivity index (χ2v) is 4.78. The fourth-order valence-corrected chi connectivity index (χ4v) is 2.32. The van der Waals surface area contributed by atoms with Gasteiger partial charge < -0.3 is 14.5 Å². The predicted molar refractivity (Wildman–Crippen MR) is 70.7 cm³/mol. The molecule has 0 spiro atoms. The minimum Gasteiger partial charge on any atom is -0.468 e. The molecule has 1 aliphatic heterocycles. The quantitative estimate of drug-likeness (QED) is 0.777. The molecule has 1 aromatic rings. The Kier molecular flexibility index (Phi) is 3.74. The number of amides is 2. The molecule has 1 heterocycles.